The summed E-state index contributed by atoms with van der Waals surface area (Å²) in [5.74, 6) is 0.585. The van der Waals surface area contributed by atoms with Gasteiger partial charge in [-0.2, -0.15) is 5.26 Å². The van der Waals surface area contributed by atoms with E-state index in [0.29, 0.717) is 42.0 Å². The summed E-state index contributed by atoms with van der Waals surface area (Å²) in [6.07, 6.45) is 0.512. The topological polar surface area (TPSA) is 86.8 Å². The minimum Gasteiger partial charge on any atom is -0.497 e. The minimum atomic E-state index is -0.423. The Labute approximate surface area is 193 Å². The molecule has 3 rings (SSSR count). The number of benzene rings is 2. The van der Waals surface area contributed by atoms with Gasteiger partial charge in [-0.1, -0.05) is 12.1 Å². The van der Waals surface area contributed by atoms with Gasteiger partial charge in [0.25, 0.3) is 0 Å². The molecule has 33 heavy (non-hydrogen) atoms. The van der Waals surface area contributed by atoms with E-state index in [1.54, 1.807) is 30.2 Å². The van der Waals surface area contributed by atoms with Crippen molar-refractivity contribution in [2.75, 3.05) is 34.3 Å². The molecule has 0 fully saturated rings. The third-order valence-electron chi connectivity index (χ3n) is 5.71. The van der Waals surface area contributed by atoms with E-state index in [-0.39, 0.29) is 12.3 Å². The molecule has 0 radical (unpaired) electrons. The highest BCUT2D eigenvalue weighted by Gasteiger charge is 2.18. The summed E-state index contributed by atoms with van der Waals surface area (Å²) in [7, 11) is 5.48. The maximum atomic E-state index is 13.1. The molecular weight excluding hydrogens is 418 g/mol. The van der Waals surface area contributed by atoms with Crippen molar-refractivity contribution in [3.05, 3.63) is 75.1 Å². The Balaban J connectivity index is 1.78. The van der Waals surface area contributed by atoms with E-state index in [2.05, 4.69) is 6.07 Å². The average Bonchev–Trinajstić information content (AvgIpc) is 2.81. The predicted octanol–water partition coefficient (Wildman–Crippen LogP) is 3.50. The fourth-order valence-corrected chi connectivity index (χ4v) is 3.70. The molecule has 0 saturated heterocycles. The number of fused-ring (bicyclic) bond motifs is 1. The highest BCUT2D eigenvalue weighted by atomic mass is 16.5. The van der Waals surface area contributed by atoms with Gasteiger partial charge in [0.15, 0.2) is 0 Å². The number of carbonyl (C=O) groups excluding carboxylic acids is 1. The highest BCUT2D eigenvalue weighted by molar-refractivity contribution is 5.82. The summed E-state index contributed by atoms with van der Waals surface area (Å²) >= 11 is 0. The van der Waals surface area contributed by atoms with E-state index >= 15 is 0 Å². The van der Waals surface area contributed by atoms with Crippen molar-refractivity contribution in [2.45, 2.75) is 26.3 Å². The number of aryl methyl sites for hydroxylation is 1. The zero-order valence-electron chi connectivity index (χ0n) is 19.6. The highest BCUT2D eigenvalue weighted by Crippen LogP contribution is 2.24. The third-order valence-corrected chi connectivity index (χ3v) is 5.71. The number of methoxy groups -OCH3 is 1. The lowest BCUT2D eigenvalue weighted by molar-refractivity contribution is -0.132. The van der Waals surface area contributed by atoms with Crippen molar-refractivity contribution in [1.29, 1.82) is 5.26 Å². The third kappa shape index (κ3) is 5.99. The summed E-state index contributed by atoms with van der Waals surface area (Å²) in [4.78, 5) is 29.6. The number of hydrogen-bond acceptors (Lipinski definition) is 6. The predicted molar refractivity (Wildman–Crippen MR) is 127 cm³/mol. The van der Waals surface area contributed by atoms with E-state index < -0.39 is 5.63 Å². The molecular formula is C26H29N3O4. The van der Waals surface area contributed by atoms with Crippen molar-refractivity contribution in [2.24, 2.45) is 0 Å². The second kappa shape index (κ2) is 10.8. The molecule has 2 aromatic carbocycles. The largest absolute Gasteiger partial charge is 0.497 e. The van der Waals surface area contributed by atoms with Crippen LogP contribution < -0.4 is 10.4 Å². The summed E-state index contributed by atoms with van der Waals surface area (Å²) in [5, 5.41) is 9.83. The smallest absolute Gasteiger partial charge is 0.339 e. The zero-order chi connectivity index (χ0) is 24.0. The maximum absolute atomic E-state index is 13.1. The van der Waals surface area contributed by atoms with Gasteiger partial charge >= 0.3 is 5.63 Å². The Morgan fingerprint density at radius 3 is 2.48 bits per heavy atom. The van der Waals surface area contributed by atoms with Crippen LogP contribution in [0.3, 0.4) is 0 Å². The van der Waals surface area contributed by atoms with Crippen molar-refractivity contribution >= 4 is 16.9 Å². The van der Waals surface area contributed by atoms with Gasteiger partial charge in [-0.3, -0.25) is 4.79 Å². The van der Waals surface area contributed by atoms with Crippen LogP contribution >= 0.6 is 0 Å². The quantitative estimate of drug-likeness (QED) is 0.467. The Morgan fingerprint density at radius 1 is 1.12 bits per heavy atom. The van der Waals surface area contributed by atoms with Crippen LogP contribution in [0.1, 0.15) is 28.7 Å². The molecule has 1 heterocycles. The molecule has 1 amide bonds. The Hall–Kier alpha value is -3.63. The average molecular weight is 448 g/mol. The van der Waals surface area contributed by atoms with Crippen LogP contribution in [0.5, 0.6) is 5.75 Å². The van der Waals surface area contributed by atoms with E-state index in [1.807, 2.05) is 50.2 Å². The van der Waals surface area contributed by atoms with E-state index in [0.717, 1.165) is 23.1 Å². The number of nitrogens with zero attached hydrogens (tertiary/aromatic N) is 3. The number of likely N-dealkylation sites (N-methyl/N-ethyl adjacent to an activating group) is 1. The lowest BCUT2D eigenvalue weighted by Crippen LogP contribution is -2.36. The van der Waals surface area contributed by atoms with Crippen LogP contribution in [0.25, 0.3) is 11.0 Å². The van der Waals surface area contributed by atoms with Gasteiger partial charge in [0, 0.05) is 43.1 Å². The molecule has 7 nitrogen and oxygen atoms in total. The Kier molecular flexibility index (Phi) is 7.86. The summed E-state index contributed by atoms with van der Waals surface area (Å²) in [6, 6.07) is 14.7. The first-order valence-electron chi connectivity index (χ1n) is 10.8. The van der Waals surface area contributed by atoms with Gasteiger partial charge in [0.05, 0.1) is 18.7 Å². The SMILES string of the molecule is COc1ccc2c(C)c(CCC(=O)N(CCN(C)C)Cc3ccc(C#N)cc3)c(=O)oc2c1. The first kappa shape index (κ1) is 24.0. The second-order valence-corrected chi connectivity index (χ2v) is 8.28. The molecule has 3 aromatic rings. The van der Waals surface area contributed by atoms with E-state index in [1.165, 1.54) is 0 Å². The second-order valence-electron chi connectivity index (χ2n) is 8.28. The fourth-order valence-electron chi connectivity index (χ4n) is 3.70. The molecule has 7 heteroatoms. The lowest BCUT2D eigenvalue weighted by atomic mass is 10.0. The molecule has 0 bridgehead atoms. The van der Waals surface area contributed by atoms with Crippen molar-refractivity contribution in [3.8, 4) is 11.8 Å². The molecule has 0 saturated carbocycles. The zero-order valence-corrected chi connectivity index (χ0v) is 19.6. The molecule has 0 unspecified atom stereocenters. The first-order valence-corrected chi connectivity index (χ1v) is 10.8. The van der Waals surface area contributed by atoms with Crippen LogP contribution in [-0.4, -0.2) is 50.0 Å². The maximum Gasteiger partial charge on any atom is 0.339 e. The standard InChI is InChI=1S/C26H29N3O4/c1-18-22-10-9-21(32-4)15-24(22)33-26(31)23(18)11-12-25(30)29(14-13-28(2)3)17-20-7-5-19(16-27)6-8-20/h5-10,15H,11-14,17H2,1-4H3. The number of amides is 1. The minimum absolute atomic E-state index is 0.0326. The van der Waals surface area contributed by atoms with E-state index in [4.69, 9.17) is 14.4 Å². The van der Waals surface area contributed by atoms with Crippen molar-refractivity contribution in [1.82, 2.24) is 9.80 Å². The van der Waals surface area contributed by atoms with Gasteiger partial charge in [0.2, 0.25) is 5.91 Å². The number of carbonyl (C=O) groups is 1. The molecule has 0 spiro atoms. The number of rotatable bonds is 9. The molecule has 0 aliphatic heterocycles. The number of ether oxygens (including phenoxy) is 1. The van der Waals surface area contributed by atoms with Crippen LogP contribution in [0.2, 0.25) is 0 Å². The molecule has 0 aliphatic carbocycles. The Bertz CT molecular complexity index is 1220. The molecule has 0 aliphatic rings. The fraction of sp³-hybridized carbons (Fsp3) is 0.346. The number of nitriles is 1. The molecule has 172 valence electrons. The van der Waals surface area contributed by atoms with Crippen molar-refractivity contribution < 1.29 is 13.9 Å². The van der Waals surface area contributed by atoms with Gasteiger partial charge < -0.3 is 19.0 Å². The monoisotopic (exact) mass is 447 g/mol. The van der Waals surface area contributed by atoms with E-state index in [9.17, 15) is 9.59 Å². The summed E-state index contributed by atoms with van der Waals surface area (Å²) in [6.45, 7) is 3.62. The van der Waals surface area contributed by atoms with Crippen LogP contribution in [-0.2, 0) is 17.8 Å². The molecule has 1 aromatic heterocycles. The van der Waals surface area contributed by atoms with Gasteiger partial charge in [-0.25, -0.2) is 4.79 Å². The lowest BCUT2D eigenvalue weighted by Gasteiger charge is -2.25. The summed E-state index contributed by atoms with van der Waals surface area (Å²) < 4.78 is 10.7. The van der Waals surface area contributed by atoms with Crippen LogP contribution in [0.4, 0.5) is 0 Å². The van der Waals surface area contributed by atoms with Crippen LogP contribution in [0.15, 0.2) is 51.7 Å². The van der Waals surface area contributed by atoms with Gasteiger partial charge in [0.1, 0.15) is 11.3 Å². The first-order chi connectivity index (χ1) is 15.8. The molecule has 0 N–H and O–H groups in total. The number of hydrogen-bond donors (Lipinski definition) is 0. The Morgan fingerprint density at radius 2 is 1.85 bits per heavy atom. The molecule has 0 atom stereocenters. The van der Waals surface area contributed by atoms with Crippen molar-refractivity contribution in [3.63, 3.8) is 0 Å². The van der Waals surface area contributed by atoms with Crippen LogP contribution in [0, 0.1) is 18.3 Å². The van der Waals surface area contributed by atoms with Gasteiger partial charge in [-0.15, -0.1) is 0 Å². The summed E-state index contributed by atoms with van der Waals surface area (Å²) in [5.41, 5.74) is 2.93. The normalized spacial score (nSPS) is 10.9. The van der Waals surface area contributed by atoms with Gasteiger partial charge in [-0.05, 0) is 62.8 Å².